The predicted octanol–water partition coefficient (Wildman–Crippen LogP) is 3.23. The average Bonchev–Trinajstić information content (AvgIpc) is 2.69. The second kappa shape index (κ2) is 7.60. The normalized spacial score (nSPS) is 14.5. The lowest BCUT2D eigenvalue weighted by Crippen LogP contribution is -2.30. The molecule has 0 N–H and O–H groups in total. The van der Waals surface area contributed by atoms with Gasteiger partial charge in [-0.2, -0.15) is 0 Å². The van der Waals surface area contributed by atoms with Crippen molar-refractivity contribution in [1.29, 1.82) is 0 Å². The maximum absolute atomic E-state index is 12.2. The molecule has 3 nitrogen and oxygen atoms in total. The molecular formula is C17H22ClNO2. The summed E-state index contributed by atoms with van der Waals surface area (Å²) in [5, 5.41) is 0. The van der Waals surface area contributed by atoms with Crippen molar-refractivity contribution in [1.82, 2.24) is 4.90 Å². The quantitative estimate of drug-likeness (QED) is 0.476. The first-order valence-electron chi connectivity index (χ1n) is 7.58. The van der Waals surface area contributed by atoms with Crippen molar-refractivity contribution in [3.63, 3.8) is 0 Å². The summed E-state index contributed by atoms with van der Waals surface area (Å²) in [7, 11) is 0. The molecule has 1 aliphatic heterocycles. The molecule has 0 bridgehead atoms. The van der Waals surface area contributed by atoms with E-state index in [-0.39, 0.29) is 11.7 Å². The molecule has 0 aliphatic carbocycles. The van der Waals surface area contributed by atoms with Gasteiger partial charge in [-0.3, -0.25) is 9.59 Å². The molecule has 0 atom stereocenters. The lowest BCUT2D eigenvalue weighted by atomic mass is 9.97. The van der Waals surface area contributed by atoms with E-state index in [2.05, 4.69) is 0 Å². The van der Waals surface area contributed by atoms with Gasteiger partial charge in [0.05, 0.1) is 0 Å². The molecule has 1 aromatic carbocycles. The fraction of sp³-hybridized carbons (Fsp3) is 0.529. The average molecular weight is 308 g/mol. The Bertz CT molecular complexity index is 528. The predicted molar refractivity (Wildman–Crippen MR) is 85.0 cm³/mol. The van der Waals surface area contributed by atoms with E-state index in [1.165, 1.54) is 11.1 Å². The maximum Gasteiger partial charge on any atom is 0.219 e. The Balaban J connectivity index is 2.06. The Kier molecular flexibility index (Phi) is 5.80. The van der Waals surface area contributed by atoms with Crippen molar-refractivity contribution in [2.24, 2.45) is 0 Å². The molecule has 0 fully saturated rings. The van der Waals surface area contributed by atoms with E-state index in [1.54, 1.807) is 6.92 Å². The summed E-state index contributed by atoms with van der Waals surface area (Å²) in [5.41, 5.74) is 3.26. The number of Topliss-reactive ketones (excluding diaryl/α,β-unsaturated/α-hetero) is 1. The number of hydrogen-bond acceptors (Lipinski definition) is 2. The molecule has 1 amide bonds. The van der Waals surface area contributed by atoms with Gasteiger partial charge in [-0.05, 0) is 42.9 Å². The van der Waals surface area contributed by atoms with Gasteiger partial charge in [0.25, 0.3) is 0 Å². The summed E-state index contributed by atoms with van der Waals surface area (Å²) < 4.78 is 0. The Morgan fingerprint density at radius 1 is 1.14 bits per heavy atom. The summed E-state index contributed by atoms with van der Waals surface area (Å²) in [6.07, 6.45) is 3.99. The smallest absolute Gasteiger partial charge is 0.219 e. The molecule has 2 rings (SSSR count). The molecule has 0 radical (unpaired) electrons. The molecular weight excluding hydrogens is 286 g/mol. The van der Waals surface area contributed by atoms with Crippen molar-refractivity contribution in [2.75, 3.05) is 19.0 Å². The van der Waals surface area contributed by atoms with E-state index in [0.29, 0.717) is 12.3 Å². The van der Waals surface area contributed by atoms with Crippen LogP contribution in [-0.2, 0) is 17.6 Å². The fourth-order valence-corrected chi connectivity index (χ4v) is 2.93. The van der Waals surface area contributed by atoms with Crippen molar-refractivity contribution in [3.05, 3.63) is 34.9 Å². The molecule has 21 heavy (non-hydrogen) atoms. The zero-order valence-corrected chi connectivity index (χ0v) is 13.3. The van der Waals surface area contributed by atoms with Crippen molar-refractivity contribution < 1.29 is 9.59 Å². The van der Waals surface area contributed by atoms with Gasteiger partial charge in [-0.1, -0.05) is 12.1 Å². The van der Waals surface area contributed by atoms with Gasteiger partial charge in [0, 0.05) is 37.9 Å². The number of fused-ring (bicyclic) bond motifs is 1. The van der Waals surface area contributed by atoms with Crippen LogP contribution in [0.5, 0.6) is 0 Å². The maximum atomic E-state index is 12.2. The molecule has 4 heteroatoms. The van der Waals surface area contributed by atoms with Crippen LogP contribution < -0.4 is 0 Å². The number of ketones is 1. The third kappa shape index (κ3) is 4.31. The summed E-state index contributed by atoms with van der Waals surface area (Å²) in [6.45, 7) is 3.12. The zero-order valence-electron chi connectivity index (χ0n) is 12.5. The number of carbonyl (C=O) groups is 2. The Morgan fingerprint density at radius 3 is 2.52 bits per heavy atom. The summed E-state index contributed by atoms with van der Waals surface area (Å²) in [6, 6.07) is 5.99. The van der Waals surface area contributed by atoms with Crippen molar-refractivity contribution in [2.45, 2.75) is 39.0 Å². The van der Waals surface area contributed by atoms with E-state index < -0.39 is 0 Å². The third-order valence-electron chi connectivity index (χ3n) is 4.06. The topological polar surface area (TPSA) is 37.4 Å². The summed E-state index contributed by atoms with van der Waals surface area (Å²) >= 11 is 5.64. The lowest BCUT2D eigenvalue weighted by molar-refractivity contribution is -0.128. The first kappa shape index (κ1) is 16.0. The number of benzene rings is 1. The molecule has 1 heterocycles. The largest absolute Gasteiger partial charge is 0.342 e. The second-order valence-corrected chi connectivity index (χ2v) is 5.94. The second-order valence-electron chi connectivity index (χ2n) is 5.56. The molecule has 0 saturated carbocycles. The van der Waals surface area contributed by atoms with Gasteiger partial charge in [-0.15, -0.1) is 11.6 Å². The monoisotopic (exact) mass is 307 g/mol. The van der Waals surface area contributed by atoms with E-state index in [9.17, 15) is 9.59 Å². The number of alkyl halides is 1. The van der Waals surface area contributed by atoms with E-state index in [0.717, 1.165) is 44.3 Å². The van der Waals surface area contributed by atoms with Crippen LogP contribution in [-0.4, -0.2) is 35.6 Å². The molecule has 0 aromatic heterocycles. The minimum Gasteiger partial charge on any atom is -0.342 e. The van der Waals surface area contributed by atoms with Crippen LogP contribution >= 0.6 is 11.6 Å². The number of amides is 1. The molecule has 1 aromatic rings. The van der Waals surface area contributed by atoms with Crippen LogP contribution in [0.2, 0.25) is 0 Å². The minimum absolute atomic E-state index is 0.125. The van der Waals surface area contributed by atoms with E-state index >= 15 is 0 Å². The highest BCUT2D eigenvalue weighted by Gasteiger charge is 2.17. The molecule has 114 valence electrons. The van der Waals surface area contributed by atoms with E-state index in [1.807, 2.05) is 23.1 Å². The van der Waals surface area contributed by atoms with Crippen LogP contribution in [0.1, 0.15) is 47.7 Å². The lowest BCUT2D eigenvalue weighted by Gasteiger charge is -2.17. The highest BCUT2D eigenvalue weighted by atomic mass is 35.5. The molecule has 0 saturated heterocycles. The molecule has 0 spiro atoms. The number of halogens is 1. The fourth-order valence-electron chi connectivity index (χ4n) is 2.74. The Morgan fingerprint density at radius 2 is 1.86 bits per heavy atom. The first-order valence-corrected chi connectivity index (χ1v) is 8.11. The summed E-state index contributed by atoms with van der Waals surface area (Å²) in [4.78, 5) is 25.5. The third-order valence-corrected chi connectivity index (χ3v) is 4.33. The van der Waals surface area contributed by atoms with Gasteiger partial charge in [0.2, 0.25) is 5.91 Å². The highest BCUT2D eigenvalue weighted by Crippen LogP contribution is 2.19. The Hall–Kier alpha value is -1.35. The number of unbranched alkanes of at least 4 members (excludes halogenated alkanes) is 1. The Labute approximate surface area is 131 Å². The van der Waals surface area contributed by atoms with Crippen LogP contribution in [0.25, 0.3) is 0 Å². The van der Waals surface area contributed by atoms with Gasteiger partial charge < -0.3 is 4.90 Å². The van der Waals surface area contributed by atoms with Crippen molar-refractivity contribution in [3.8, 4) is 0 Å². The number of carbonyl (C=O) groups excluding carboxylic acids is 2. The standard InChI is InChI=1S/C17H22ClNO2/c1-13(20)19-10-7-14-5-6-16(12-15(14)8-11-19)17(21)4-2-3-9-18/h5-6,12H,2-4,7-11H2,1H3. The minimum atomic E-state index is 0.125. The first-order chi connectivity index (χ1) is 10.1. The number of nitrogens with zero attached hydrogens (tertiary/aromatic N) is 1. The number of rotatable bonds is 5. The van der Waals surface area contributed by atoms with Gasteiger partial charge in [-0.25, -0.2) is 0 Å². The van der Waals surface area contributed by atoms with Gasteiger partial charge in [0.1, 0.15) is 0 Å². The van der Waals surface area contributed by atoms with Crippen LogP contribution in [0.3, 0.4) is 0 Å². The van der Waals surface area contributed by atoms with E-state index in [4.69, 9.17) is 11.6 Å². The van der Waals surface area contributed by atoms with Gasteiger partial charge in [0.15, 0.2) is 5.78 Å². The van der Waals surface area contributed by atoms with Crippen LogP contribution in [0.15, 0.2) is 18.2 Å². The highest BCUT2D eigenvalue weighted by molar-refractivity contribution is 6.17. The molecule has 0 unspecified atom stereocenters. The van der Waals surface area contributed by atoms with Gasteiger partial charge >= 0.3 is 0 Å². The van der Waals surface area contributed by atoms with Crippen LogP contribution in [0, 0.1) is 0 Å². The van der Waals surface area contributed by atoms with Crippen LogP contribution in [0.4, 0.5) is 0 Å². The summed E-state index contributed by atoms with van der Waals surface area (Å²) in [5.74, 6) is 0.925. The number of hydrogen-bond donors (Lipinski definition) is 0. The van der Waals surface area contributed by atoms with Crippen molar-refractivity contribution >= 4 is 23.3 Å². The zero-order chi connectivity index (χ0) is 15.2. The molecule has 1 aliphatic rings. The SMILES string of the molecule is CC(=O)N1CCc2ccc(C(=O)CCCCCl)cc2CC1.